The Bertz CT molecular complexity index is 774. The molecule has 116 valence electrons. The molecular weight excluding hydrogens is 308 g/mol. The minimum absolute atomic E-state index is 0.0717. The lowest BCUT2D eigenvalue weighted by Crippen LogP contribution is -2.26. The highest BCUT2D eigenvalue weighted by Gasteiger charge is 2.14. The van der Waals surface area contributed by atoms with Gasteiger partial charge < -0.3 is 10.6 Å². The van der Waals surface area contributed by atoms with E-state index in [0.717, 1.165) is 5.56 Å². The second-order valence-corrected chi connectivity index (χ2v) is 5.84. The van der Waals surface area contributed by atoms with Crippen molar-refractivity contribution in [2.24, 2.45) is 0 Å². The molecule has 3 aromatic rings. The van der Waals surface area contributed by atoms with Gasteiger partial charge in [-0.15, -0.1) is 11.3 Å². The van der Waals surface area contributed by atoms with Crippen LogP contribution in [0.15, 0.2) is 60.1 Å². The lowest BCUT2D eigenvalue weighted by Gasteiger charge is -2.13. The number of rotatable bonds is 5. The lowest BCUT2D eigenvalue weighted by molar-refractivity contribution is 0.0935. The third-order valence-electron chi connectivity index (χ3n) is 3.28. The number of nitrogens with one attached hydrogen (secondary N) is 2. The Morgan fingerprint density at radius 3 is 2.65 bits per heavy atom. The summed E-state index contributed by atoms with van der Waals surface area (Å²) in [4.78, 5) is 20.8. The first kappa shape index (κ1) is 15.2. The first-order chi connectivity index (χ1) is 11.2. The van der Waals surface area contributed by atoms with E-state index in [0.29, 0.717) is 16.6 Å². The minimum Gasteiger partial charge on any atom is -0.344 e. The molecule has 1 amide bonds. The fourth-order valence-electron chi connectivity index (χ4n) is 2.08. The van der Waals surface area contributed by atoms with Gasteiger partial charge in [0, 0.05) is 11.6 Å². The molecule has 23 heavy (non-hydrogen) atoms. The number of carbonyl (C=O) groups excluding carboxylic acids is 1. The first-order valence-corrected chi connectivity index (χ1v) is 8.10. The molecule has 1 aromatic carbocycles. The smallest absolute Gasteiger partial charge is 0.271 e. The number of amides is 1. The molecule has 0 fully saturated rings. The Kier molecular flexibility index (Phi) is 4.63. The first-order valence-electron chi connectivity index (χ1n) is 7.22. The van der Waals surface area contributed by atoms with Gasteiger partial charge in [-0.3, -0.25) is 4.79 Å². The summed E-state index contributed by atoms with van der Waals surface area (Å²) in [6, 6.07) is 15.3. The third-order valence-corrected chi connectivity index (χ3v) is 4.04. The molecule has 0 radical (unpaired) electrons. The van der Waals surface area contributed by atoms with Crippen molar-refractivity contribution >= 4 is 28.2 Å². The molecule has 0 spiro atoms. The van der Waals surface area contributed by atoms with Crippen LogP contribution in [-0.2, 0) is 0 Å². The number of carbonyl (C=O) groups is 1. The van der Waals surface area contributed by atoms with E-state index in [1.54, 1.807) is 11.6 Å². The molecule has 2 N–H and O–H groups in total. The second kappa shape index (κ2) is 7.02. The summed E-state index contributed by atoms with van der Waals surface area (Å²) in [5.74, 6) is 0.512. The number of benzene rings is 1. The number of hydrogen-bond donors (Lipinski definition) is 2. The molecule has 5 nitrogen and oxygen atoms in total. The topological polar surface area (TPSA) is 66.9 Å². The SMILES string of the molecule is CC(NC(=O)c1csc(Nc2ccccn2)n1)c1ccccc1. The summed E-state index contributed by atoms with van der Waals surface area (Å²) in [6.45, 7) is 1.95. The van der Waals surface area contributed by atoms with E-state index in [1.165, 1.54) is 11.3 Å². The van der Waals surface area contributed by atoms with Crippen molar-refractivity contribution in [1.29, 1.82) is 0 Å². The number of anilines is 2. The monoisotopic (exact) mass is 324 g/mol. The van der Waals surface area contributed by atoms with Crippen molar-refractivity contribution in [3.05, 3.63) is 71.4 Å². The number of hydrogen-bond acceptors (Lipinski definition) is 5. The fraction of sp³-hybridized carbons (Fsp3) is 0.118. The molecule has 0 saturated carbocycles. The van der Waals surface area contributed by atoms with Crippen molar-refractivity contribution in [2.75, 3.05) is 5.32 Å². The molecule has 0 aliphatic carbocycles. The molecule has 0 aliphatic rings. The van der Waals surface area contributed by atoms with E-state index < -0.39 is 0 Å². The highest BCUT2D eigenvalue weighted by molar-refractivity contribution is 7.14. The molecule has 6 heteroatoms. The Hall–Kier alpha value is -2.73. The van der Waals surface area contributed by atoms with Gasteiger partial charge in [0.05, 0.1) is 6.04 Å². The van der Waals surface area contributed by atoms with Gasteiger partial charge in [-0.1, -0.05) is 36.4 Å². The highest BCUT2D eigenvalue weighted by atomic mass is 32.1. The summed E-state index contributed by atoms with van der Waals surface area (Å²) >= 11 is 1.37. The largest absolute Gasteiger partial charge is 0.344 e. The van der Waals surface area contributed by atoms with Crippen LogP contribution < -0.4 is 10.6 Å². The third kappa shape index (κ3) is 3.92. The summed E-state index contributed by atoms with van der Waals surface area (Å²) in [5, 5.41) is 8.41. The van der Waals surface area contributed by atoms with Crippen molar-refractivity contribution < 1.29 is 4.79 Å². The second-order valence-electron chi connectivity index (χ2n) is 4.98. The van der Waals surface area contributed by atoms with Crippen LogP contribution in [-0.4, -0.2) is 15.9 Å². The van der Waals surface area contributed by atoms with E-state index in [4.69, 9.17) is 0 Å². The zero-order valence-electron chi connectivity index (χ0n) is 12.6. The number of pyridine rings is 1. The summed E-state index contributed by atoms with van der Waals surface area (Å²) < 4.78 is 0. The van der Waals surface area contributed by atoms with Gasteiger partial charge in [0.2, 0.25) is 0 Å². The molecule has 0 aliphatic heterocycles. The molecule has 0 bridgehead atoms. The van der Waals surface area contributed by atoms with Crippen LogP contribution in [0.4, 0.5) is 10.9 Å². The Morgan fingerprint density at radius 2 is 1.91 bits per heavy atom. The Balaban J connectivity index is 1.64. The molecule has 0 saturated heterocycles. The zero-order valence-corrected chi connectivity index (χ0v) is 13.4. The maximum atomic E-state index is 12.3. The molecule has 2 heterocycles. The van der Waals surface area contributed by atoms with Crippen LogP contribution in [0.1, 0.15) is 29.0 Å². The van der Waals surface area contributed by atoms with E-state index in [-0.39, 0.29) is 11.9 Å². The minimum atomic E-state index is -0.188. The van der Waals surface area contributed by atoms with Crippen LogP contribution in [0.25, 0.3) is 0 Å². The van der Waals surface area contributed by atoms with Crippen LogP contribution in [0, 0.1) is 0 Å². The maximum Gasteiger partial charge on any atom is 0.271 e. The average Bonchev–Trinajstić information content (AvgIpc) is 3.05. The lowest BCUT2D eigenvalue weighted by atomic mass is 10.1. The van der Waals surface area contributed by atoms with Gasteiger partial charge >= 0.3 is 0 Å². The predicted octanol–water partition coefficient (Wildman–Crippen LogP) is 3.77. The number of nitrogens with zero attached hydrogens (tertiary/aromatic N) is 2. The quantitative estimate of drug-likeness (QED) is 0.749. The van der Waals surface area contributed by atoms with Crippen molar-refractivity contribution in [1.82, 2.24) is 15.3 Å². The van der Waals surface area contributed by atoms with Crippen LogP contribution in [0.2, 0.25) is 0 Å². The summed E-state index contributed by atoms with van der Waals surface area (Å²) in [7, 11) is 0. The van der Waals surface area contributed by atoms with E-state index >= 15 is 0 Å². The van der Waals surface area contributed by atoms with E-state index in [2.05, 4.69) is 20.6 Å². The highest BCUT2D eigenvalue weighted by Crippen LogP contribution is 2.20. The maximum absolute atomic E-state index is 12.3. The molecule has 2 aromatic heterocycles. The Labute approximate surface area is 138 Å². The van der Waals surface area contributed by atoms with Gasteiger partial charge in [-0.25, -0.2) is 9.97 Å². The molecule has 3 rings (SSSR count). The molecule has 1 unspecified atom stereocenters. The number of thiazole rings is 1. The van der Waals surface area contributed by atoms with Gasteiger partial charge in [0.15, 0.2) is 5.13 Å². The summed E-state index contributed by atoms with van der Waals surface area (Å²) in [5.41, 5.74) is 1.46. The number of aromatic nitrogens is 2. The fourth-order valence-corrected chi connectivity index (χ4v) is 2.77. The normalized spacial score (nSPS) is 11.7. The van der Waals surface area contributed by atoms with Crippen molar-refractivity contribution in [3.63, 3.8) is 0 Å². The van der Waals surface area contributed by atoms with Crippen LogP contribution >= 0.6 is 11.3 Å². The predicted molar refractivity (Wildman–Crippen MR) is 92.0 cm³/mol. The van der Waals surface area contributed by atoms with E-state index in [1.807, 2.05) is 55.5 Å². The summed E-state index contributed by atoms with van der Waals surface area (Å²) in [6.07, 6.45) is 1.70. The zero-order chi connectivity index (χ0) is 16.1. The van der Waals surface area contributed by atoms with Gasteiger partial charge in [-0.05, 0) is 24.6 Å². The Morgan fingerprint density at radius 1 is 1.13 bits per heavy atom. The molecule has 1 atom stereocenters. The van der Waals surface area contributed by atoms with Gasteiger partial charge in [-0.2, -0.15) is 0 Å². The van der Waals surface area contributed by atoms with Crippen molar-refractivity contribution in [2.45, 2.75) is 13.0 Å². The van der Waals surface area contributed by atoms with Crippen molar-refractivity contribution in [3.8, 4) is 0 Å². The van der Waals surface area contributed by atoms with Gasteiger partial charge in [0.25, 0.3) is 5.91 Å². The van der Waals surface area contributed by atoms with E-state index in [9.17, 15) is 4.79 Å². The average molecular weight is 324 g/mol. The standard InChI is InChI=1S/C17H16N4OS/c1-12(13-7-3-2-4-8-13)19-16(22)14-11-23-17(20-14)21-15-9-5-6-10-18-15/h2-12H,1H3,(H,19,22)(H,18,20,21). The van der Waals surface area contributed by atoms with Gasteiger partial charge in [0.1, 0.15) is 11.5 Å². The molecular formula is C17H16N4OS. The van der Waals surface area contributed by atoms with Crippen LogP contribution in [0.3, 0.4) is 0 Å². The van der Waals surface area contributed by atoms with Crippen LogP contribution in [0.5, 0.6) is 0 Å².